The van der Waals surface area contributed by atoms with Crippen molar-refractivity contribution in [2.45, 2.75) is 0 Å². The van der Waals surface area contributed by atoms with E-state index in [1.807, 2.05) is 60.7 Å². The van der Waals surface area contributed by atoms with Crippen LogP contribution in [0, 0.1) is 0 Å². The fraction of sp³-hybridized carbons (Fsp3) is 0. The van der Waals surface area contributed by atoms with E-state index in [0.29, 0.717) is 5.56 Å². The minimum absolute atomic E-state index is 0.259. The Labute approximate surface area is 224 Å². The van der Waals surface area contributed by atoms with E-state index in [1.54, 1.807) is 12.1 Å². The summed E-state index contributed by atoms with van der Waals surface area (Å²) in [6.45, 7) is 0. The van der Waals surface area contributed by atoms with Crippen molar-refractivity contribution >= 4 is 55.3 Å². The molecule has 0 atom stereocenters. The van der Waals surface area contributed by atoms with E-state index in [-0.39, 0.29) is 5.56 Å². The van der Waals surface area contributed by atoms with Gasteiger partial charge in [-0.05, 0) is 102 Å². The van der Waals surface area contributed by atoms with Crippen LogP contribution in [0.1, 0.15) is 20.7 Å². The zero-order valence-electron chi connectivity index (χ0n) is 20.9. The van der Waals surface area contributed by atoms with Crippen molar-refractivity contribution in [2.24, 2.45) is 0 Å². The molecular formula is C36H22O3. The average Bonchev–Trinajstić information content (AvgIpc) is 2.98. The fourth-order valence-corrected chi connectivity index (χ4v) is 5.73. The summed E-state index contributed by atoms with van der Waals surface area (Å²) in [7, 11) is 0. The molecule has 7 rings (SSSR count). The van der Waals surface area contributed by atoms with E-state index >= 15 is 0 Å². The minimum Gasteiger partial charge on any atom is -0.478 e. The van der Waals surface area contributed by atoms with Gasteiger partial charge in [-0.25, -0.2) is 4.79 Å². The van der Waals surface area contributed by atoms with Gasteiger partial charge in [0.05, 0.1) is 5.56 Å². The Hall–Kier alpha value is -5.28. The van der Waals surface area contributed by atoms with Crippen LogP contribution >= 0.6 is 0 Å². The van der Waals surface area contributed by atoms with Gasteiger partial charge in [0.15, 0.2) is 0 Å². The number of carbonyl (C=O) groups is 2. The van der Waals surface area contributed by atoms with E-state index < -0.39 is 5.97 Å². The molecule has 0 spiro atoms. The molecule has 7 aromatic rings. The molecule has 0 aromatic heterocycles. The first-order valence-corrected chi connectivity index (χ1v) is 12.8. The van der Waals surface area contributed by atoms with Crippen LogP contribution in [0.25, 0.3) is 65.3 Å². The van der Waals surface area contributed by atoms with Crippen molar-refractivity contribution in [2.75, 3.05) is 0 Å². The molecular weight excluding hydrogens is 480 g/mol. The van der Waals surface area contributed by atoms with E-state index in [4.69, 9.17) is 0 Å². The summed E-state index contributed by atoms with van der Waals surface area (Å²) in [5.41, 5.74) is 5.08. The number of hydrogen-bond donors (Lipinski definition) is 1. The number of fused-ring (bicyclic) bond motifs is 4. The van der Waals surface area contributed by atoms with Gasteiger partial charge in [-0.2, -0.15) is 0 Å². The van der Waals surface area contributed by atoms with Crippen molar-refractivity contribution in [1.82, 2.24) is 0 Å². The third kappa shape index (κ3) is 3.75. The number of aldehydes is 1. The quantitative estimate of drug-likeness (QED) is 0.193. The Balaban J connectivity index is 1.70. The fourth-order valence-electron chi connectivity index (χ4n) is 5.73. The Bertz CT molecular complexity index is 1990. The average molecular weight is 503 g/mol. The SMILES string of the molecule is O=Cc1ccc(-c2c3cc4ccccc4cc3c(-c3ccc(C(=O)O)cc3)c3cc4ccccc4cc23)cc1. The van der Waals surface area contributed by atoms with Gasteiger partial charge in [-0.1, -0.05) is 84.9 Å². The first-order valence-electron chi connectivity index (χ1n) is 12.8. The van der Waals surface area contributed by atoms with E-state index in [1.165, 1.54) is 0 Å². The lowest BCUT2D eigenvalue weighted by Gasteiger charge is -2.19. The molecule has 0 heterocycles. The molecule has 0 aliphatic heterocycles. The first kappa shape index (κ1) is 22.9. The largest absolute Gasteiger partial charge is 0.478 e. The Morgan fingerprint density at radius 3 is 1.21 bits per heavy atom. The van der Waals surface area contributed by atoms with Crippen LogP contribution in [0.3, 0.4) is 0 Å². The highest BCUT2D eigenvalue weighted by atomic mass is 16.4. The van der Waals surface area contributed by atoms with Crippen LogP contribution in [0.5, 0.6) is 0 Å². The molecule has 0 aliphatic rings. The van der Waals surface area contributed by atoms with Crippen LogP contribution in [0.4, 0.5) is 0 Å². The van der Waals surface area contributed by atoms with Gasteiger partial charge in [0.1, 0.15) is 6.29 Å². The third-order valence-electron chi connectivity index (χ3n) is 7.61. The van der Waals surface area contributed by atoms with Gasteiger partial charge in [-0.15, -0.1) is 0 Å². The highest BCUT2D eigenvalue weighted by molar-refractivity contribution is 6.25. The number of carboxylic acids is 1. The summed E-state index contributed by atoms with van der Waals surface area (Å²) >= 11 is 0. The van der Waals surface area contributed by atoms with E-state index in [2.05, 4.69) is 48.5 Å². The molecule has 0 aliphatic carbocycles. The number of aromatic carboxylic acids is 1. The number of hydrogen-bond acceptors (Lipinski definition) is 2. The molecule has 0 saturated carbocycles. The molecule has 0 amide bonds. The maximum absolute atomic E-state index is 11.6. The molecule has 3 heteroatoms. The molecule has 1 N–H and O–H groups in total. The van der Waals surface area contributed by atoms with Crippen LogP contribution in [-0.2, 0) is 0 Å². The zero-order valence-corrected chi connectivity index (χ0v) is 20.9. The van der Waals surface area contributed by atoms with Gasteiger partial charge >= 0.3 is 5.97 Å². The first-order chi connectivity index (χ1) is 19.1. The summed E-state index contributed by atoms with van der Waals surface area (Å²) in [4.78, 5) is 23.0. The molecule has 3 nitrogen and oxygen atoms in total. The third-order valence-corrected chi connectivity index (χ3v) is 7.61. The maximum Gasteiger partial charge on any atom is 0.335 e. The van der Waals surface area contributed by atoms with Crippen LogP contribution in [0.2, 0.25) is 0 Å². The smallest absolute Gasteiger partial charge is 0.335 e. The van der Waals surface area contributed by atoms with Gasteiger partial charge in [0, 0.05) is 5.56 Å². The van der Waals surface area contributed by atoms with Crippen LogP contribution in [-0.4, -0.2) is 17.4 Å². The lowest BCUT2D eigenvalue weighted by molar-refractivity contribution is 0.0696. The zero-order chi connectivity index (χ0) is 26.5. The Kier molecular flexibility index (Phi) is 5.24. The van der Waals surface area contributed by atoms with E-state index in [9.17, 15) is 14.7 Å². The van der Waals surface area contributed by atoms with E-state index in [0.717, 1.165) is 71.6 Å². The minimum atomic E-state index is -0.942. The predicted molar refractivity (Wildman–Crippen MR) is 160 cm³/mol. The molecule has 7 aromatic carbocycles. The molecule has 0 unspecified atom stereocenters. The van der Waals surface area contributed by atoms with Gasteiger partial charge < -0.3 is 5.11 Å². The second kappa shape index (κ2) is 8.93. The Morgan fingerprint density at radius 1 is 0.513 bits per heavy atom. The summed E-state index contributed by atoms with van der Waals surface area (Å²) in [6, 6.07) is 40.6. The molecule has 0 bridgehead atoms. The molecule has 0 saturated heterocycles. The van der Waals surface area contributed by atoms with Crippen molar-refractivity contribution in [3.05, 3.63) is 132 Å². The highest BCUT2D eigenvalue weighted by Gasteiger charge is 2.19. The highest BCUT2D eigenvalue weighted by Crippen LogP contribution is 2.46. The van der Waals surface area contributed by atoms with Crippen LogP contribution < -0.4 is 0 Å². The lowest BCUT2D eigenvalue weighted by Crippen LogP contribution is -1.96. The maximum atomic E-state index is 11.6. The summed E-state index contributed by atoms with van der Waals surface area (Å²) < 4.78 is 0. The van der Waals surface area contributed by atoms with Gasteiger partial charge in [0.2, 0.25) is 0 Å². The van der Waals surface area contributed by atoms with Crippen molar-refractivity contribution in [1.29, 1.82) is 0 Å². The van der Waals surface area contributed by atoms with Crippen molar-refractivity contribution < 1.29 is 14.7 Å². The molecule has 0 radical (unpaired) electrons. The van der Waals surface area contributed by atoms with Crippen LogP contribution in [0.15, 0.2) is 121 Å². The summed E-state index contributed by atoms with van der Waals surface area (Å²) in [5.74, 6) is -0.942. The number of carboxylic acid groups (broad SMARTS) is 1. The number of benzene rings is 7. The second-order valence-electron chi connectivity index (χ2n) is 9.86. The van der Waals surface area contributed by atoms with Gasteiger partial charge in [-0.3, -0.25) is 4.79 Å². The normalized spacial score (nSPS) is 11.4. The summed E-state index contributed by atoms with van der Waals surface area (Å²) in [5, 5.41) is 18.5. The summed E-state index contributed by atoms with van der Waals surface area (Å²) in [6.07, 6.45) is 0.866. The monoisotopic (exact) mass is 502 g/mol. The number of rotatable bonds is 4. The van der Waals surface area contributed by atoms with Crippen molar-refractivity contribution in [3.8, 4) is 22.3 Å². The molecule has 184 valence electrons. The predicted octanol–water partition coefficient (Wildman–Crippen LogP) is 9.14. The standard InChI is InChI=1S/C36H22O3/c37-21-22-9-11-23(12-10-22)34-30-17-26-5-1-3-7-28(26)19-32(30)35(24-13-15-25(16-14-24)36(38)39)33-20-29-8-4-2-6-27(29)18-31(33)34/h1-21H,(H,38,39). The molecule has 39 heavy (non-hydrogen) atoms. The molecule has 0 fully saturated rings. The Morgan fingerprint density at radius 2 is 0.872 bits per heavy atom. The van der Waals surface area contributed by atoms with Crippen molar-refractivity contribution in [3.63, 3.8) is 0 Å². The topological polar surface area (TPSA) is 54.4 Å². The number of carbonyl (C=O) groups excluding carboxylic acids is 1. The second-order valence-corrected chi connectivity index (χ2v) is 9.86. The van der Waals surface area contributed by atoms with Gasteiger partial charge in [0.25, 0.3) is 0 Å². The lowest BCUT2D eigenvalue weighted by atomic mass is 9.83.